The van der Waals surface area contributed by atoms with Crippen molar-refractivity contribution in [3.8, 4) is 0 Å². The molecule has 1 aliphatic heterocycles. The highest BCUT2D eigenvalue weighted by atomic mass is 32.1. The molecule has 0 amide bonds. The monoisotopic (exact) mass is 170 g/mol. The Hall–Kier alpha value is -0.840. The van der Waals surface area contributed by atoms with Gasteiger partial charge in [-0.25, -0.2) is 0 Å². The third kappa shape index (κ3) is 0.956. The van der Waals surface area contributed by atoms with Crippen LogP contribution in [0.4, 0.5) is 0 Å². The summed E-state index contributed by atoms with van der Waals surface area (Å²) in [5.41, 5.74) is 0. The van der Waals surface area contributed by atoms with Crippen molar-refractivity contribution in [2.24, 2.45) is 0 Å². The predicted octanol–water partition coefficient (Wildman–Crippen LogP) is -0.0248. The van der Waals surface area contributed by atoms with Crippen LogP contribution < -0.4 is 9.67 Å². The molecule has 1 aromatic rings. The van der Waals surface area contributed by atoms with E-state index in [0.29, 0.717) is 0 Å². The van der Waals surface area contributed by atoms with Gasteiger partial charge in [0.25, 0.3) is 0 Å². The average Bonchev–Trinajstić information content (AvgIpc) is 2.30. The maximum Gasteiger partial charge on any atom is 0.306 e. The van der Waals surface area contributed by atoms with E-state index >= 15 is 0 Å². The Kier molecular flexibility index (Phi) is 1.45. The van der Waals surface area contributed by atoms with Crippen molar-refractivity contribution in [2.45, 2.75) is 25.9 Å². The van der Waals surface area contributed by atoms with Crippen molar-refractivity contribution in [2.75, 3.05) is 0 Å². The lowest BCUT2D eigenvalue weighted by Gasteiger charge is -2.22. The molecule has 0 aliphatic carbocycles. The summed E-state index contributed by atoms with van der Waals surface area (Å²) in [7, 11) is 0. The van der Waals surface area contributed by atoms with Crippen molar-refractivity contribution in [1.29, 1.82) is 0 Å². The van der Waals surface area contributed by atoms with E-state index in [0.717, 1.165) is 37.3 Å². The molecule has 0 N–H and O–H groups in total. The third-order valence-electron chi connectivity index (χ3n) is 1.89. The fourth-order valence-electron chi connectivity index (χ4n) is 1.34. The summed E-state index contributed by atoms with van der Waals surface area (Å²) < 4.78 is 3.25. The first-order chi connectivity index (χ1) is 5.29. The SMILES string of the molecule is [N-]=c1sc(=O)n2n1CCCC2. The lowest BCUT2D eigenvalue weighted by atomic mass is 10.3. The zero-order valence-corrected chi connectivity index (χ0v) is 6.80. The molecule has 0 saturated heterocycles. The molecule has 0 aromatic carbocycles. The van der Waals surface area contributed by atoms with Gasteiger partial charge in [0.15, 0.2) is 0 Å². The molecule has 2 heterocycles. The van der Waals surface area contributed by atoms with E-state index in [1.807, 2.05) is 0 Å². The molecular formula is C6H8N3OS-. The van der Waals surface area contributed by atoms with E-state index in [4.69, 9.17) is 0 Å². The van der Waals surface area contributed by atoms with Crippen LogP contribution in [0.2, 0.25) is 0 Å². The molecule has 11 heavy (non-hydrogen) atoms. The van der Waals surface area contributed by atoms with E-state index < -0.39 is 0 Å². The van der Waals surface area contributed by atoms with E-state index in [1.165, 1.54) is 0 Å². The van der Waals surface area contributed by atoms with Crippen molar-refractivity contribution in [1.82, 2.24) is 9.36 Å². The van der Waals surface area contributed by atoms with Crippen LogP contribution in [-0.2, 0) is 13.1 Å². The topological polar surface area (TPSA) is 49.2 Å². The van der Waals surface area contributed by atoms with Crippen LogP contribution >= 0.6 is 11.3 Å². The van der Waals surface area contributed by atoms with Gasteiger partial charge in [0, 0.05) is 11.3 Å². The highest BCUT2D eigenvalue weighted by Crippen LogP contribution is 2.02. The Labute approximate surface area is 67.2 Å². The first kappa shape index (κ1) is 6.84. The van der Waals surface area contributed by atoms with Gasteiger partial charge in [0.05, 0.1) is 0 Å². The van der Waals surface area contributed by atoms with Gasteiger partial charge in [-0.3, -0.25) is 4.79 Å². The molecule has 0 saturated carbocycles. The first-order valence-electron chi connectivity index (χ1n) is 3.62. The Morgan fingerprint density at radius 2 is 1.91 bits per heavy atom. The van der Waals surface area contributed by atoms with E-state index in [1.54, 1.807) is 9.36 Å². The molecule has 2 rings (SSSR count). The molecule has 0 unspecified atom stereocenters. The van der Waals surface area contributed by atoms with Crippen molar-refractivity contribution < 1.29 is 0 Å². The molecule has 0 bridgehead atoms. The predicted molar refractivity (Wildman–Crippen MR) is 42.3 cm³/mol. The minimum Gasteiger partial charge on any atom is -0.454 e. The van der Waals surface area contributed by atoms with Crippen LogP contribution in [0.3, 0.4) is 0 Å². The lowest BCUT2D eigenvalue weighted by Crippen LogP contribution is -2.30. The van der Waals surface area contributed by atoms with Crippen LogP contribution in [0, 0.1) is 0 Å². The number of rotatable bonds is 0. The third-order valence-corrected chi connectivity index (χ3v) is 2.67. The average molecular weight is 170 g/mol. The maximum atomic E-state index is 11.1. The van der Waals surface area contributed by atoms with Crippen LogP contribution in [-0.4, -0.2) is 9.36 Å². The molecule has 0 fully saturated rings. The number of aromatic nitrogens is 2. The summed E-state index contributed by atoms with van der Waals surface area (Å²) >= 11 is 0.911. The normalized spacial score (nSPS) is 16.4. The van der Waals surface area contributed by atoms with Gasteiger partial charge in [0.2, 0.25) is 0 Å². The van der Waals surface area contributed by atoms with Gasteiger partial charge >= 0.3 is 4.87 Å². The summed E-state index contributed by atoms with van der Waals surface area (Å²) in [6, 6.07) is 0. The van der Waals surface area contributed by atoms with Gasteiger partial charge in [-0.2, -0.15) is 0 Å². The molecule has 4 nitrogen and oxygen atoms in total. The molecule has 5 heteroatoms. The largest absolute Gasteiger partial charge is 0.454 e. The number of hydrogen-bond acceptors (Lipinski definition) is 2. The maximum absolute atomic E-state index is 11.1. The molecule has 0 radical (unpaired) electrons. The quantitative estimate of drug-likeness (QED) is 0.539. The van der Waals surface area contributed by atoms with Gasteiger partial charge in [-0.05, 0) is 13.0 Å². The summed E-state index contributed by atoms with van der Waals surface area (Å²) in [4.78, 5) is 11.2. The number of hydrogen-bond donors (Lipinski definition) is 0. The second-order valence-corrected chi connectivity index (χ2v) is 3.52. The minimum absolute atomic E-state index is 0.0535. The Morgan fingerprint density at radius 1 is 1.27 bits per heavy atom. The second kappa shape index (κ2) is 2.34. The molecular weight excluding hydrogens is 162 g/mol. The number of fused-ring (bicyclic) bond motifs is 1. The minimum atomic E-state index is -0.0535. The van der Waals surface area contributed by atoms with Gasteiger partial charge < -0.3 is 14.8 Å². The summed E-state index contributed by atoms with van der Waals surface area (Å²) in [6.45, 7) is 1.51. The van der Waals surface area contributed by atoms with Gasteiger partial charge in [-0.15, -0.1) is 0 Å². The van der Waals surface area contributed by atoms with Gasteiger partial charge in [-0.1, -0.05) is 17.8 Å². The van der Waals surface area contributed by atoms with Crippen LogP contribution in [0.15, 0.2) is 4.79 Å². The fraction of sp³-hybridized carbons (Fsp3) is 0.667. The van der Waals surface area contributed by atoms with Crippen molar-refractivity contribution in [3.05, 3.63) is 19.9 Å². The van der Waals surface area contributed by atoms with Crippen molar-refractivity contribution >= 4 is 11.3 Å². The molecule has 1 aliphatic rings. The zero-order chi connectivity index (χ0) is 7.84. The highest BCUT2D eigenvalue weighted by Gasteiger charge is 2.04. The molecule has 0 spiro atoms. The second-order valence-electron chi connectivity index (χ2n) is 2.60. The van der Waals surface area contributed by atoms with Crippen LogP contribution in [0.5, 0.6) is 0 Å². The molecule has 60 valence electrons. The standard InChI is InChI=1S/C6H8N3OS/c7-5-8-3-1-2-4-9(8)6(10)11-5/h1-4H2/q-1. The van der Waals surface area contributed by atoms with Crippen LogP contribution in [0.25, 0.3) is 5.41 Å². The Morgan fingerprint density at radius 3 is 2.55 bits per heavy atom. The summed E-state index contributed by atoms with van der Waals surface area (Å²) in [5, 5.41) is 9.24. The van der Waals surface area contributed by atoms with E-state index in [2.05, 4.69) is 0 Å². The Bertz CT molecular complexity index is 337. The number of nitrogens with zero attached hydrogens (tertiary/aromatic N) is 3. The zero-order valence-electron chi connectivity index (χ0n) is 5.99. The Balaban J connectivity index is 2.70. The fourth-order valence-corrected chi connectivity index (χ4v) is 2.08. The lowest BCUT2D eigenvalue weighted by molar-refractivity contribution is 0.348. The molecule has 1 aromatic heterocycles. The highest BCUT2D eigenvalue weighted by molar-refractivity contribution is 7.06. The van der Waals surface area contributed by atoms with E-state index in [-0.39, 0.29) is 9.67 Å². The van der Waals surface area contributed by atoms with Crippen LogP contribution in [0.1, 0.15) is 12.8 Å². The summed E-state index contributed by atoms with van der Waals surface area (Å²) in [5.74, 6) is 0. The summed E-state index contributed by atoms with van der Waals surface area (Å²) in [6.07, 6.45) is 2.09. The molecule has 0 atom stereocenters. The first-order valence-corrected chi connectivity index (χ1v) is 4.43. The van der Waals surface area contributed by atoms with E-state index in [9.17, 15) is 10.2 Å². The van der Waals surface area contributed by atoms with Crippen molar-refractivity contribution in [3.63, 3.8) is 0 Å². The van der Waals surface area contributed by atoms with Gasteiger partial charge in [0.1, 0.15) is 0 Å². The smallest absolute Gasteiger partial charge is 0.306 e.